The number of hydrogen-bond acceptors (Lipinski definition) is 4. The molecule has 1 fully saturated rings. The standard InChI is InChI=1S/C22H21F3N2O2S2/c1-13-7-9-14(10-8-13)12-27-19(29)17(21(2,3)31-20(27)30)26-18(28)15-5-4-6-16(11-15)22(23,24)25/h4-11,17H,12H2,1-3H3,(H,26,28). The van der Waals surface area contributed by atoms with E-state index in [9.17, 15) is 22.8 Å². The van der Waals surface area contributed by atoms with E-state index in [2.05, 4.69) is 5.32 Å². The Morgan fingerprint density at radius 3 is 2.45 bits per heavy atom. The first-order chi connectivity index (χ1) is 14.4. The van der Waals surface area contributed by atoms with Crippen LogP contribution in [0.4, 0.5) is 13.2 Å². The van der Waals surface area contributed by atoms with Crippen molar-refractivity contribution < 1.29 is 22.8 Å². The number of rotatable bonds is 4. The molecule has 0 spiro atoms. The van der Waals surface area contributed by atoms with Crippen LogP contribution in [0.1, 0.15) is 40.9 Å². The first kappa shape index (κ1) is 23.3. The lowest BCUT2D eigenvalue weighted by Gasteiger charge is -2.42. The van der Waals surface area contributed by atoms with Crippen LogP contribution >= 0.6 is 24.0 Å². The Kier molecular flexibility index (Phi) is 6.48. The second kappa shape index (κ2) is 8.63. The highest BCUT2D eigenvalue weighted by Crippen LogP contribution is 2.37. The van der Waals surface area contributed by atoms with Gasteiger partial charge in [-0.3, -0.25) is 14.5 Å². The molecule has 2 aromatic rings. The monoisotopic (exact) mass is 466 g/mol. The molecule has 1 saturated heterocycles. The third kappa shape index (κ3) is 5.27. The largest absolute Gasteiger partial charge is 0.416 e. The zero-order valence-corrected chi connectivity index (χ0v) is 18.8. The quantitative estimate of drug-likeness (QED) is 0.648. The Labute approximate surface area is 188 Å². The van der Waals surface area contributed by atoms with Crippen molar-refractivity contribution in [2.45, 2.75) is 44.3 Å². The predicted molar refractivity (Wildman–Crippen MR) is 119 cm³/mol. The van der Waals surface area contributed by atoms with Crippen LogP contribution in [0.5, 0.6) is 0 Å². The van der Waals surface area contributed by atoms with Crippen molar-refractivity contribution in [3.05, 3.63) is 70.8 Å². The molecule has 0 saturated carbocycles. The molecule has 1 heterocycles. The van der Waals surface area contributed by atoms with Gasteiger partial charge in [0.2, 0.25) is 0 Å². The van der Waals surface area contributed by atoms with Crippen molar-refractivity contribution in [2.75, 3.05) is 0 Å². The summed E-state index contributed by atoms with van der Waals surface area (Å²) in [6.45, 7) is 5.74. The molecule has 1 N–H and O–H groups in total. The number of nitrogens with zero attached hydrogens (tertiary/aromatic N) is 1. The van der Waals surface area contributed by atoms with Crippen LogP contribution in [-0.2, 0) is 17.5 Å². The number of aryl methyl sites for hydroxylation is 1. The number of hydrogen-bond donors (Lipinski definition) is 1. The third-order valence-electron chi connectivity index (χ3n) is 4.97. The Balaban J connectivity index is 1.83. The zero-order valence-electron chi connectivity index (χ0n) is 17.1. The molecule has 0 aromatic heterocycles. The normalized spacial score (nSPS) is 18.8. The molecule has 0 aliphatic carbocycles. The van der Waals surface area contributed by atoms with Gasteiger partial charge in [0.15, 0.2) is 0 Å². The second-order valence-electron chi connectivity index (χ2n) is 7.87. The third-order valence-corrected chi connectivity index (χ3v) is 6.59. The van der Waals surface area contributed by atoms with Gasteiger partial charge < -0.3 is 5.32 Å². The summed E-state index contributed by atoms with van der Waals surface area (Å²) in [6.07, 6.45) is -4.57. The van der Waals surface area contributed by atoms with Crippen molar-refractivity contribution in [3.8, 4) is 0 Å². The first-order valence-corrected chi connectivity index (χ1v) is 10.7. The summed E-state index contributed by atoms with van der Waals surface area (Å²) in [6, 6.07) is 10.8. The maximum Gasteiger partial charge on any atom is 0.416 e. The molecule has 3 rings (SSSR count). The topological polar surface area (TPSA) is 49.4 Å². The van der Waals surface area contributed by atoms with E-state index >= 15 is 0 Å². The zero-order chi connectivity index (χ0) is 23.0. The van der Waals surface area contributed by atoms with Crippen molar-refractivity contribution in [1.29, 1.82) is 0 Å². The molecule has 9 heteroatoms. The fourth-order valence-corrected chi connectivity index (χ4v) is 4.98. The van der Waals surface area contributed by atoms with Gasteiger partial charge in [0.25, 0.3) is 11.8 Å². The number of carbonyl (C=O) groups excluding carboxylic acids is 2. The lowest BCUT2D eigenvalue weighted by Crippen LogP contribution is -2.62. The van der Waals surface area contributed by atoms with Gasteiger partial charge >= 0.3 is 6.18 Å². The van der Waals surface area contributed by atoms with E-state index in [1.807, 2.05) is 31.2 Å². The average molecular weight is 467 g/mol. The summed E-state index contributed by atoms with van der Waals surface area (Å²) < 4.78 is 38.6. The smallest absolute Gasteiger partial charge is 0.339 e. The Morgan fingerprint density at radius 2 is 1.84 bits per heavy atom. The molecule has 1 aliphatic heterocycles. The molecule has 1 aliphatic rings. The molecular formula is C22H21F3N2O2S2. The molecule has 4 nitrogen and oxygen atoms in total. The average Bonchev–Trinajstić information content (AvgIpc) is 2.69. The number of thiocarbonyl (C=S) groups is 1. The molecule has 1 unspecified atom stereocenters. The summed E-state index contributed by atoms with van der Waals surface area (Å²) in [5.41, 5.74) is 0.871. The van der Waals surface area contributed by atoms with E-state index in [1.54, 1.807) is 13.8 Å². The summed E-state index contributed by atoms with van der Waals surface area (Å²) >= 11 is 6.70. The highest BCUT2D eigenvalue weighted by molar-refractivity contribution is 8.24. The molecule has 2 amide bonds. The number of carbonyl (C=O) groups is 2. The van der Waals surface area contributed by atoms with E-state index < -0.39 is 34.3 Å². The first-order valence-electron chi connectivity index (χ1n) is 9.46. The van der Waals surface area contributed by atoms with Crippen LogP contribution in [0.25, 0.3) is 0 Å². The van der Waals surface area contributed by atoms with Crippen LogP contribution < -0.4 is 5.32 Å². The van der Waals surface area contributed by atoms with Crippen molar-refractivity contribution in [1.82, 2.24) is 10.2 Å². The van der Waals surface area contributed by atoms with Crippen molar-refractivity contribution in [2.24, 2.45) is 0 Å². The lowest BCUT2D eigenvalue weighted by molar-refractivity contribution is -0.137. The molecule has 1 atom stereocenters. The summed E-state index contributed by atoms with van der Waals surface area (Å²) in [5, 5.41) is 2.62. The maximum atomic E-state index is 13.2. The molecule has 164 valence electrons. The number of nitrogens with one attached hydrogen (secondary N) is 1. The van der Waals surface area contributed by atoms with Crippen LogP contribution in [0.15, 0.2) is 48.5 Å². The Bertz CT molecular complexity index is 1020. The van der Waals surface area contributed by atoms with Gasteiger partial charge in [-0.15, -0.1) is 0 Å². The molecular weight excluding hydrogens is 445 g/mol. The van der Waals surface area contributed by atoms with Crippen LogP contribution in [0, 0.1) is 6.92 Å². The SMILES string of the molecule is Cc1ccc(CN2C(=O)C(NC(=O)c3cccc(C(F)(F)F)c3)C(C)(C)SC2=S)cc1. The Hall–Kier alpha value is -2.39. The highest BCUT2D eigenvalue weighted by Gasteiger charge is 2.46. The van der Waals surface area contributed by atoms with Crippen molar-refractivity contribution >= 4 is 40.1 Å². The summed E-state index contributed by atoms with van der Waals surface area (Å²) in [5.74, 6) is -1.14. The minimum Gasteiger partial charge on any atom is -0.339 e. The Morgan fingerprint density at radius 1 is 1.19 bits per heavy atom. The van der Waals surface area contributed by atoms with Crippen molar-refractivity contribution in [3.63, 3.8) is 0 Å². The van der Waals surface area contributed by atoms with Gasteiger partial charge in [0.1, 0.15) is 10.4 Å². The fraction of sp³-hybridized carbons (Fsp3) is 0.318. The van der Waals surface area contributed by atoms with Gasteiger partial charge in [-0.2, -0.15) is 13.2 Å². The summed E-state index contributed by atoms with van der Waals surface area (Å²) in [7, 11) is 0. The number of amides is 2. The fourth-order valence-electron chi connectivity index (χ4n) is 3.19. The number of halogens is 3. The summed E-state index contributed by atoms with van der Waals surface area (Å²) in [4.78, 5) is 27.4. The van der Waals surface area contributed by atoms with E-state index in [1.165, 1.54) is 28.8 Å². The van der Waals surface area contributed by atoms with E-state index in [4.69, 9.17) is 12.2 Å². The minimum atomic E-state index is -4.57. The van der Waals surface area contributed by atoms with E-state index in [0.717, 1.165) is 23.3 Å². The van der Waals surface area contributed by atoms with E-state index in [-0.39, 0.29) is 12.1 Å². The van der Waals surface area contributed by atoms with E-state index in [0.29, 0.717) is 4.32 Å². The van der Waals surface area contributed by atoms with Gasteiger partial charge in [0, 0.05) is 10.3 Å². The molecule has 0 radical (unpaired) electrons. The maximum absolute atomic E-state index is 13.2. The van der Waals surface area contributed by atoms with Gasteiger partial charge in [-0.05, 0) is 44.5 Å². The van der Waals surface area contributed by atoms with Gasteiger partial charge in [-0.25, -0.2) is 0 Å². The number of alkyl halides is 3. The molecule has 31 heavy (non-hydrogen) atoms. The van der Waals surface area contributed by atoms with Crippen LogP contribution in [0.3, 0.4) is 0 Å². The van der Waals surface area contributed by atoms with Gasteiger partial charge in [-0.1, -0.05) is 59.9 Å². The van der Waals surface area contributed by atoms with Gasteiger partial charge in [0.05, 0.1) is 12.1 Å². The minimum absolute atomic E-state index is 0.165. The van der Waals surface area contributed by atoms with Crippen LogP contribution in [0.2, 0.25) is 0 Å². The predicted octanol–water partition coefficient (Wildman–Crippen LogP) is 4.95. The second-order valence-corrected chi connectivity index (χ2v) is 10.2. The number of thioether (sulfide) groups is 1. The highest BCUT2D eigenvalue weighted by atomic mass is 32.2. The lowest BCUT2D eigenvalue weighted by atomic mass is 10.00. The molecule has 2 aromatic carbocycles. The number of benzene rings is 2. The van der Waals surface area contributed by atoms with Crippen LogP contribution in [-0.4, -0.2) is 31.8 Å². The molecule has 0 bridgehead atoms.